The van der Waals surface area contributed by atoms with Crippen molar-refractivity contribution in [2.45, 2.75) is 13.8 Å². The van der Waals surface area contributed by atoms with E-state index in [0.717, 1.165) is 17.1 Å². The van der Waals surface area contributed by atoms with E-state index < -0.39 is 0 Å². The molecule has 0 atom stereocenters. The van der Waals surface area contributed by atoms with E-state index in [0.29, 0.717) is 6.54 Å². The van der Waals surface area contributed by atoms with Crippen LogP contribution in [0.3, 0.4) is 0 Å². The van der Waals surface area contributed by atoms with Crippen molar-refractivity contribution >= 4 is 17.4 Å². The van der Waals surface area contributed by atoms with Crippen LogP contribution in [-0.2, 0) is 0 Å². The highest BCUT2D eigenvalue weighted by Gasteiger charge is 1.98. The molecule has 1 N–H and O–H groups in total. The number of aromatic nitrogens is 2. The van der Waals surface area contributed by atoms with Crippen LogP contribution in [0.15, 0.2) is 18.2 Å². The zero-order chi connectivity index (χ0) is 9.84. The molecule has 0 aromatic carbocycles. The summed E-state index contributed by atoms with van der Waals surface area (Å²) in [5.74, 6) is 0.737. The van der Waals surface area contributed by atoms with E-state index in [-0.39, 0.29) is 5.28 Å². The largest absolute Gasteiger partial charge is 0.366 e. The third-order valence-electron chi connectivity index (χ3n) is 1.40. The van der Waals surface area contributed by atoms with Gasteiger partial charge in [-0.3, -0.25) is 0 Å². The summed E-state index contributed by atoms with van der Waals surface area (Å²) in [6.07, 6.45) is 0. The predicted molar refractivity (Wildman–Crippen MR) is 55.1 cm³/mol. The lowest BCUT2D eigenvalue weighted by Gasteiger charge is -2.05. The molecule has 0 unspecified atom stereocenters. The molecule has 1 rings (SSSR count). The summed E-state index contributed by atoms with van der Waals surface area (Å²) in [5.41, 5.74) is 1.90. The number of nitrogens with zero attached hydrogens (tertiary/aromatic N) is 2. The van der Waals surface area contributed by atoms with Crippen LogP contribution in [-0.4, -0.2) is 16.5 Å². The lowest BCUT2D eigenvalue weighted by atomic mass is 10.3. The van der Waals surface area contributed by atoms with Gasteiger partial charge in [0.2, 0.25) is 5.28 Å². The molecule has 13 heavy (non-hydrogen) atoms. The van der Waals surface area contributed by atoms with E-state index in [9.17, 15) is 0 Å². The molecule has 3 nitrogen and oxygen atoms in total. The first-order chi connectivity index (χ1) is 6.08. The number of halogens is 1. The Bertz CT molecular complexity index is 302. The van der Waals surface area contributed by atoms with Gasteiger partial charge >= 0.3 is 0 Å². The maximum Gasteiger partial charge on any atom is 0.224 e. The Hall–Kier alpha value is -1.09. The Kier molecular flexibility index (Phi) is 3.25. The Morgan fingerprint density at radius 2 is 2.31 bits per heavy atom. The van der Waals surface area contributed by atoms with Gasteiger partial charge < -0.3 is 5.32 Å². The molecule has 0 fully saturated rings. The highest BCUT2D eigenvalue weighted by molar-refractivity contribution is 6.28. The van der Waals surface area contributed by atoms with Gasteiger partial charge in [-0.1, -0.05) is 12.2 Å². The van der Waals surface area contributed by atoms with E-state index in [1.54, 1.807) is 0 Å². The predicted octanol–water partition coefficient (Wildman–Crippen LogP) is 2.43. The summed E-state index contributed by atoms with van der Waals surface area (Å²) < 4.78 is 0. The molecule has 0 spiro atoms. The zero-order valence-corrected chi connectivity index (χ0v) is 8.52. The molecule has 0 amide bonds. The normalized spacial score (nSPS) is 9.77. The van der Waals surface area contributed by atoms with Crippen molar-refractivity contribution in [1.29, 1.82) is 0 Å². The monoisotopic (exact) mass is 197 g/mol. The van der Waals surface area contributed by atoms with E-state index in [2.05, 4.69) is 21.9 Å². The highest BCUT2D eigenvalue weighted by Crippen LogP contribution is 2.09. The van der Waals surface area contributed by atoms with E-state index in [1.165, 1.54) is 0 Å². The van der Waals surface area contributed by atoms with Crippen LogP contribution in [0.25, 0.3) is 0 Å². The molecule has 0 bridgehead atoms. The molecular weight excluding hydrogens is 186 g/mol. The molecule has 1 aromatic heterocycles. The fourth-order valence-electron chi connectivity index (χ4n) is 0.864. The average molecular weight is 198 g/mol. The molecule has 0 aliphatic heterocycles. The third-order valence-corrected chi connectivity index (χ3v) is 1.57. The molecule has 1 heterocycles. The first-order valence-electron chi connectivity index (χ1n) is 3.97. The minimum Gasteiger partial charge on any atom is -0.366 e. The zero-order valence-electron chi connectivity index (χ0n) is 7.76. The quantitative estimate of drug-likeness (QED) is 0.598. The van der Waals surface area contributed by atoms with Gasteiger partial charge in [0.25, 0.3) is 0 Å². The van der Waals surface area contributed by atoms with Gasteiger partial charge in [0.15, 0.2) is 0 Å². The van der Waals surface area contributed by atoms with Crippen molar-refractivity contribution in [3.63, 3.8) is 0 Å². The maximum atomic E-state index is 5.68. The van der Waals surface area contributed by atoms with Crippen molar-refractivity contribution in [2.75, 3.05) is 11.9 Å². The van der Waals surface area contributed by atoms with Crippen molar-refractivity contribution in [1.82, 2.24) is 9.97 Å². The van der Waals surface area contributed by atoms with Crippen molar-refractivity contribution in [3.8, 4) is 0 Å². The molecule has 4 heteroatoms. The topological polar surface area (TPSA) is 37.8 Å². The number of hydrogen-bond donors (Lipinski definition) is 1. The van der Waals surface area contributed by atoms with E-state index in [4.69, 9.17) is 11.6 Å². The van der Waals surface area contributed by atoms with Gasteiger partial charge in [-0.2, -0.15) is 0 Å². The van der Waals surface area contributed by atoms with E-state index in [1.807, 2.05) is 19.9 Å². The number of anilines is 1. The molecule has 0 saturated carbocycles. The number of nitrogens with one attached hydrogen (secondary N) is 1. The Morgan fingerprint density at radius 1 is 1.62 bits per heavy atom. The minimum atomic E-state index is 0.268. The Balaban J connectivity index is 2.71. The lowest BCUT2D eigenvalue weighted by molar-refractivity contribution is 1.08. The summed E-state index contributed by atoms with van der Waals surface area (Å²) >= 11 is 5.68. The highest BCUT2D eigenvalue weighted by atomic mass is 35.5. The third kappa shape index (κ3) is 3.42. The lowest BCUT2D eigenvalue weighted by Crippen LogP contribution is -2.04. The second-order valence-corrected chi connectivity index (χ2v) is 3.31. The first kappa shape index (κ1) is 9.99. The van der Waals surface area contributed by atoms with Crippen LogP contribution in [0.2, 0.25) is 5.28 Å². The summed E-state index contributed by atoms with van der Waals surface area (Å²) in [5, 5.41) is 3.36. The van der Waals surface area contributed by atoms with Crippen LogP contribution in [0.4, 0.5) is 5.82 Å². The number of hydrogen-bond acceptors (Lipinski definition) is 3. The summed E-state index contributed by atoms with van der Waals surface area (Å²) in [4.78, 5) is 7.96. The Labute approximate surface area is 82.9 Å². The van der Waals surface area contributed by atoms with Crippen molar-refractivity contribution in [3.05, 3.63) is 29.2 Å². The van der Waals surface area contributed by atoms with Crippen LogP contribution in [0.5, 0.6) is 0 Å². The molecule has 0 aliphatic rings. The molecule has 0 aliphatic carbocycles. The van der Waals surface area contributed by atoms with Crippen molar-refractivity contribution < 1.29 is 0 Å². The second kappa shape index (κ2) is 4.23. The van der Waals surface area contributed by atoms with Gasteiger partial charge in [0, 0.05) is 18.3 Å². The summed E-state index contributed by atoms with van der Waals surface area (Å²) in [7, 11) is 0. The van der Waals surface area contributed by atoms with Crippen LogP contribution < -0.4 is 5.32 Å². The van der Waals surface area contributed by atoms with Crippen molar-refractivity contribution in [2.24, 2.45) is 0 Å². The first-order valence-corrected chi connectivity index (χ1v) is 4.35. The number of aryl methyl sites for hydroxylation is 1. The van der Waals surface area contributed by atoms with Gasteiger partial charge in [-0.25, -0.2) is 9.97 Å². The van der Waals surface area contributed by atoms with E-state index >= 15 is 0 Å². The summed E-state index contributed by atoms with van der Waals surface area (Å²) in [6.45, 7) is 8.30. The van der Waals surface area contributed by atoms with Crippen LogP contribution in [0, 0.1) is 6.92 Å². The number of rotatable bonds is 3. The minimum absolute atomic E-state index is 0.268. The van der Waals surface area contributed by atoms with Gasteiger partial charge in [0.05, 0.1) is 0 Å². The molecule has 0 saturated heterocycles. The maximum absolute atomic E-state index is 5.68. The van der Waals surface area contributed by atoms with Crippen LogP contribution in [0.1, 0.15) is 12.6 Å². The smallest absolute Gasteiger partial charge is 0.224 e. The summed E-state index contributed by atoms with van der Waals surface area (Å²) in [6, 6.07) is 1.84. The van der Waals surface area contributed by atoms with Gasteiger partial charge in [-0.15, -0.1) is 0 Å². The average Bonchev–Trinajstić information content (AvgIpc) is 1.99. The molecule has 1 aromatic rings. The van der Waals surface area contributed by atoms with Gasteiger partial charge in [0.1, 0.15) is 5.82 Å². The van der Waals surface area contributed by atoms with Crippen LogP contribution >= 0.6 is 11.6 Å². The second-order valence-electron chi connectivity index (χ2n) is 2.97. The molecule has 0 radical (unpaired) electrons. The fourth-order valence-corrected chi connectivity index (χ4v) is 1.09. The Morgan fingerprint density at radius 3 is 2.85 bits per heavy atom. The molecule has 70 valence electrons. The molecular formula is C9H12ClN3. The standard InChI is InChI=1S/C9H12ClN3/c1-6(2)5-11-8-4-7(3)12-9(10)13-8/h4H,1,5H2,2-3H3,(H,11,12,13). The SMILES string of the molecule is C=C(C)CNc1cc(C)nc(Cl)n1. The van der Waals surface area contributed by atoms with Gasteiger partial charge in [-0.05, 0) is 25.4 Å². The fraction of sp³-hybridized carbons (Fsp3) is 0.333.